The number of aromatic nitrogens is 2. The molecule has 1 heterocycles. The fourth-order valence-corrected chi connectivity index (χ4v) is 2.01. The third kappa shape index (κ3) is 3.32. The minimum atomic E-state index is 0.577. The molecule has 2 rings (SSSR count). The molecule has 0 aliphatic rings. The third-order valence-corrected chi connectivity index (χ3v) is 3.12. The normalized spacial score (nSPS) is 10.3. The minimum absolute atomic E-state index is 0.577. The molecule has 0 atom stereocenters. The zero-order valence-corrected chi connectivity index (χ0v) is 12.2. The van der Waals surface area contributed by atoms with Crippen LogP contribution in [-0.4, -0.2) is 14.9 Å². The van der Waals surface area contributed by atoms with E-state index in [1.165, 1.54) is 0 Å². The van der Waals surface area contributed by atoms with Crippen LogP contribution in [0.5, 0.6) is 0 Å². The molecule has 0 radical (unpaired) electrons. The van der Waals surface area contributed by atoms with Crippen molar-refractivity contribution >= 4 is 28.7 Å². The van der Waals surface area contributed by atoms with Crippen molar-refractivity contribution in [1.29, 1.82) is 0 Å². The van der Waals surface area contributed by atoms with Crippen LogP contribution >= 0.6 is 12.2 Å². The predicted molar refractivity (Wildman–Crippen MR) is 83.7 cm³/mol. The number of thiocarbonyl (C=S) groups is 1. The Hall–Kier alpha value is -1.88. The van der Waals surface area contributed by atoms with E-state index in [1.54, 1.807) is 0 Å². The van der Waals surface area contributed by atoms with E-state index in [0.29, 0.717) is 5.11 Å². The average Bonchev–Trinajstić information content (AvgIpc) is 2.73. The van der Waals surface area contributed by atoms with Crippen LogP contribution in [0.4, 0.5) is 11.4 Å². The molecular weight excluding hydrogens is 256 g/mol. The number of hydrogen-bond donors (Lipinski definition) is 2. The first kappa shape index (κ1) is 13.5. The van der Waals surface area contributed by atoms with Crippen molar-refractivity contribution < 1.29 is 0 Å². The molecule has 0 saturated heterocycles. The van der Waals surface area contributed by atoms with Gasteiger partial charge in [-0.15, -0.1) is 0 Å². The Bertz CT molecular complexity index is 589. The van der Waals surface area contributed by atoms with Crippen molar-refractivity contribution in [2.75, 3.05) is 10.6 Å². The van der Waals surface area contributed by atoms with E-state index in [-0.39, 0.29) is 0 Å². The minimum Gasteiger partial charge on any atom is -0.332 e. The predicted octanol–water partition coefficient (Wildman–Crippen LogP) is 3.33. The van der Waals surface area contributed by atoms with Crippen LogP contribution < -0.4 is 10.6 Å². The van der Waals surface area contributed by atoms with E-state index in [9.17, 15) is 0 Å². The van der Waals surface area contributed by atoms with E-state index >= 15 is 0 Å². The van der Waals surface area contributed by atoms with Crippen molar-refractivity contribution in [2.45, 2.75) is 27.3 Å². The van der Waals surface area contributed by atoms with Gasteiger partial charge in [-0.05, 0) is 44.6 Å². The molecule has 100 valence electrons. The van der Waals surface area contributed by atoms with E-state index in [4.69, 9.17) is 12.2 Å². The molecule has 0 saturated carbocycles. The number of rotatable bonds is 3. The lowest BCUT2D eigenvalue weighted by Gasteiger charge is -2.11. The van der Waals surface area contributed by atoms with E-state index in [0.717, 1.165) is 29.2 Å². The maximum absolute atomic E-state index is 5.32. The van der Waals surface area contributed by atoms with Crippen molar-refractivity contribution in [1.82, 2.24) is 9.78 Å². The van der Waals surface area contributed by atoms with Crippen molar-refractivity contribution in [3.05, 3.63) is 41.7 Å². The Morgan fingerprint density at radius 3 is 2.53 bits per heavy atom. The largest absolute Gasteiger partial charge is 0.332 e. The highest BCUT2D eigenvalue weighted by molar-refractivity contribution is 7.80. The molecule has 4 nitrogen and oxygen atoms in total. The van der Waals surface area contributed by atoms with Gasteiger partial charge in [0, 0.05) is 18.4 Å². The summed E-state index contributed by atoms with van der Waals surface area (Å²) in [6.07, 6.45) is 1.96. The molecule has 0 unspecified atom stereocenters. The molecule has 0 fully saturated rings. The summed E-state index contributed by atoms with van der Waals surface area (Å²) in [5.41, 5.74) is 4.05. The molecule has 1 aromatic carbocycles. The number of hydrogen-bond acceptors (Lipinski definition) is 2. The van der Waals surface area contributed by atoms with Crippen LogP contribution in [-0.2, 0) is 6.54 Å². The van der Waals surface area contributed by atoms with E-state index in [1.807, 2.05) is 49.0 Å². The van der Waals surface area contributed by atoms with Crippen molar-refractivity contribution in [3.8, 4) is 0 Å². The molecule has 2 aromatic rings. The molecule has 1 aromatic heterocycles. The Kier molecular flexibility index (Phi) is 4.16. The van der Waals surface area contributed by atoms with Gasteiger partial charge >= 0.3 is 0 Å². The number of nitrogens with one attached hydrogen (secondary N) is 2. The number of para-hydroxylation sites is 1. The van der Waals surface area contributed by atoms with Gasteiger partial charge < -0.3 is 10.6 Å². The molecule has 0 amide bonds. The summed E-state index contributed by atoms with van der Waals surface area (Å²) in [6.45, 7) is 6.91. The second-order valence-corrected chi connectivity index (χ2v) is 4.79. The molecular formula is C14H18N4S. The Morgan fingerprint density at radius 1 is 1.21 bits per heavy atom. The van der Waals surface area contributed by atoms with Crippen LogP contribution in [0.1, 0.15) is 18.2 Å². The smallest absolute Gasteiger partial charge is 0.175 e. The topological polar surface area (TPSA) is 41.9 Å². The highest BCUT2D eigenvalue weighted by Crippen LogP contribution is 2.16. The van der Waals surface area contributed by atoms with Crippen LogP contribution in [0.3, 0.4) is 0 Å². The summed E-state index contributed by atoms with van der Waals surface area (Å²) in [5.74, 6) is 0. The Morgan fingerprint density at radius 2 is 1.89 bits per heavy atom. The summed E-state index contributed by atoms with van der Waals surface area (Å²) in [5, 5.41) is 11.3. The highest BCUT2D eigenvalue weighted by Gasteiger charge is 2.06. The van der Waals surface area contributed by atoms with Gasteiger partial charge in [0.25, 0.3) is 0 Å². The summed E-state index contributed by atoms with van der Waals surface area (Å²) >= 11 is 5.32. The SMILES string of the molecule is CCn1cc(NC(=S)Nc2ccccc2C)c(C)n1. The standard InChI is InChI=1S/C14H18N4S/c1-4-18-9-13(11(3)17-18)16-14(19)15-12-8-6-5-7-10(12)2/h5-9H,4H2,1-3H3,(H2,15,16,19). The maximum atomic E-state index is 5.32. The number of benzene rings is 1. The summed E-state index contributed by atoms with van der Waals surface area (Å²) in [7, 11) is 0. The molecule has 0 spiro atoms. The van der Waals surface area contributed by atoms with Crippen molar-refractivity contribution in [3.63, 3.8) is 0 Å². The molecule has 0 bridgehead atoms. The van der Waals surface area contributed by atoms with Gasteiger partial charge in [-0.1, -0.05) is 18.2 Å². The highest BCUT2D eigenvalue weighted by atomic mass is 32.1. The monoisotopic (exact) mass is 274 g/mol. The number of nitrogens with zero attached hydrogens (tertiary/aromatic N) is 2. The average molecular weight is 274 g/mol. The lowest BCUT2D eigenvalue weighted by molar-refractivity contribution is 0.653. The fourth-order valence-electron chi connectivity index (χ4n) is 1.79. The number of anilines is 2. The lowest BCUT2D eigenvalue weighted by Crippen LogP contribution is -2.19. The summed E-state index contributed by atoms with van der Waals surface area (Å²) in [6, 6.07) is 8.04. The Balaban J connectivity index is 2.05. The van der Waals surface area contributed by atoms with Crippen LogP contribution in [0.2, 0.25) is 0 Å². The molecule has 19 heavy (non-hydrogen) atoms. The van der Waals surface area contributed by atoms with Gasteiger partial charge in [-0.25, -0.2) is 0 Å². The maximum Gasteiger partial charge on any atom is 0.175 e. The van der Waals surface area contributed by atoms with Gasteiger partial charge in [0.05, 0.1) is 11.4 Å². The van der Waals surface area contributed by atoms with Crippen LogP contribution in [0.15, 0.2) is 30.5 Å². The van der Waals surface area contributed by atoms with Gasteiger partial charge in [-0.2, -0.15) is 5.10 Å². The van der Waals surface area contributed by atoms with Crippen LogP contribution in [0, 0.1) is 13.8 Å². The van der Waals surface area contributed by atoms with Gasteiger partial charge in [0.1, 0.15) is 0 Å². The first-order valence-electron chi connectivity index (χ1n) is 6.28. The third-order valence-electron chi connectivity index (χ3n) is 2.91. The second-order valence-electron chi connectivity index (χ2n) is 4.38. The summed E-state index contributed by atoms with van der Waals surface area (Å²) < 4.78 is 1.88. The molecule has 5 heteroatoms. The zero-order valence-electron chi connectivity index (χ0n) is 11.4. The fraction of sp³-hybridized carbons (Fsp3) is 0.286. The lowest BCUT2D eigenvalue weighted by atomic mass is 10.2. The summed E-state index contributed by atoms with van der Waals surface area (Å²) in [4.78, 5) is 0. The van der Waals surface area contributed by atoms with Gasteiger partial charge in [0.2, 0.25) is 0 Å². The molecule has 0 aliphatic carbocycles. The Labute approximate surface area is 118 Å². The zero-order chi connectivity index (χ0) is 13.8. The van der Waals surface area contributed by atoms with Crippen molar-refractivity contribution in [2.24, 2.45) is 0 Å². The molecule has 0 aliphatic heterocycles. The van der Waals surface area contributed by atoms with Crippen LogP contribution in [0.25, 0.3) is 0 Å². The van der Waals surface area contributed by atoms with E-state index in [2.05, 4.69) is 22.7 Å². The first-order chi connectivity index (χ1) is 9.10. The second kappa shape index (κ2) is 5.84. The number of aryl methyl sites for hydroxylation is 3. The van der Waals surface area contributed by atoms with Gasteiger partial charge in [-0.3, -0.25) is 4.68 Å². The quantitative estimate of drug-likeness (QED) is 0.843. The van der Waals surface area contributed by atoms with Gasteiger partial charge in [0.15, 0.2) is 5.11 Å². The first-order valence-corrected chi connectivity index (χ1v) is 6.68. The molecule has 2 N–H and O–H groups in total. The van der Waals surface area contributed by atoms with E-state index < -0.39 is 0 Å².